The van der Waals surface area contributed by atoms with E-state index in [0.29, 0.717) is 0 Å². The van der Waals surface area contributed by atoms with Crippen molar-refractivity contribution in [3.8, 4) is 0 Å². The van der Waals surface area contributed by atoms with Crippen LogP contribution in [0, 0.1) is 0 Å². The van der Waals surface area contributed by atoms with Crippen LogP contribution in [0.25, 0.3) is 0 Å². The molecule has 5 heteroatoms. The van der Waals surface area contributed by atoms with Gasteiger partial charge in [-0.2, -0.15) is 0 Å². The lowest BCUT2D eigenvalue weighted by molar-refractivity contribution is 0.196. The van der Waals surface area contributed by atoms with Crippen molar-refractivity contribution >= 4 is 5.96 Å². The molecule has 0 aromatic carbocycles. The molecule has 0 aliphatic heterocycles. The Balaban J connectivity index is 4.36. The third-order valence-corrected chi connectivity index (χ3v) is 2.99. The summed E-state index contributed by atoms with van der Waals surface area (Å²) in [6.45, 7) is 7.92. The van der Waals surface area contributed by atoms with E-state index >= 15 is 0 Å². The van der Waals surface area contributed by atoms with Crippen molar-refractivity contribution in [2.45, 2.75) is 39.2 Å². The van der Waals surface area contributed by atoms with E-state index in [9.17, 15) is 0 Å². The summed E-state index contributed by atoms with van der Waals surface area (Å²) in [6, 6.07) is 0. The highest BCUT2D eigenvalue weighted by molar-refractivity contribution is 5.79. The number of hydrazine groups is 1. The van der Waals surface area contributed by atoms with Gasteiger partial charge >= 0.3 is 0 Å². The van der Waals surface area contributed by atoms with E-state index in [0.717, 1.165) is 32.0 Å². The Kier molecular flexibility index (Phi) is 7.08. The van der Waals surface area contributed by atoms with Crippen LogP contribution in [-0.4, -0.2) is 43.7 Å². The number of hydrogen-bond acceptors (Lipinski definition) is 3. The minimum Gasteiger partial charge on any atom is -0.385 e. The molecule has 0 aliphatic rings. The molecule has 0 heterocycles. The van der Waals surface area contributed by atoms with E-state index in [2.05, 4.69) is 36.1 Å². The first-order valence-electron chi connectivity index (χ1n) is 5.73. The topological polar surface area (TPSA) is 62.9 Å². The van der Waals surface area contributed by atoms with Gasteiger partial charge in [-0.05, 0) is 26.7 Å². The molecular formula is C11H26N4O. The normalized spacial score (nSPS) is 12.8. The van der Waals surface area contributed by atoms with E-state index in [1.165, 1.54) is 0 Å². The maximum Gasteiger partial charge on any atom is 0.208 e. The van der Waals surface area contributed by atoms with Gasteiger partial charge in [0.15, 0.2) is 0 Å². The van der Waals surface area contributed by atoms with Crippen molar-refractivity contribution in [2.75, 3.05) is 27.3 Å². The molecule has 5 nitrogen and oxygen atoms in total. The van der Waals surface area contributed by atoms with Gasteiger partial charge in [-0.3, -0.25) is 10.4 Å². The highest BCUT2D eigenvalue weighted by atomic mass is 16.5. The van der Waals surface area contributed by atoms with Gasteiger partial charge in [0.1, 0.15) is 0 Å². The van der Waals surface area contributed by atoms with Gasteiger partial charge in [0.2, 0.25) is 5.96 Å². The molecule has 0 bridgehead atoms. The average Bonchev–Trinajstić information content (AvgIpc) is 2.28. The molecule has 96 valence electrons. The zero-order chi connectivity index (χ0) is 12.6. The molecule has 0 amide bonds. The second-order valence-electron chi connectivity index (χ2n) is 4.42. The van der Waals surface area contributed by atoms with Crippen LogP contribution in [0.4, 0.5) is 0 Å². The smallest absolute Gasteiger partial charge is 0.208 e. The van der Waals surface area contributed by atoms with Crippen LogP contribution in [0.15, 0.2) is 4.99 Å². The van der Waals surface area contributed by atoms with E-state index in [-0.39, 0.29) is 5.54 Å². The Morgan fingerprint density at radius 3 is 2.56 bits per heavy atom. The van der Waals surface area contributed by atoms with Gasteiger partial charge in [0.05, 0.1) is 0 Å². The largest absolute Gasteiger partial charge is 0.385 e. The highest BCUT2D eigenvalue weighted by Gasteiger charge is 2.23. The molecule has 0 aromatic heterocycles. The fourth-order valence-corrected chi connectivity index (χ4v) is 1.17. The maximum atomic E-state index is 5.49. The zero-order valence-electron chi connectivity index (χ0n) is 11.2. The predicted octanol–water partition coefficient (Wildman–Crippen LogP) is 0.963. The number of nitrogens with one attached hydrogen (secondary N) is 1. The van der Waals surface area contributed by atoms with Crippen LogP contribution < -0.4 is 11.3 Å². The third kappa shape index (κ3) is 4.81. The Morgan fingerprint density at radius 1 is 1.50 bits per heavy atom. The summed E-state index contributed by atoms with van der Waals surface area (Å²) in [6.07, 6.45) is 1.93. The number of hydrogen-bond donors (Lipinski definition) is 2. The maximum absolute atomic E-state index is 5.49. The standard InChI is InChI=1S/C11H26N4O/c1-6-11(2,3)15(4)10(14-12)13-8-7-9-16-5/h6-9,12H2,1-5H3,(H,13,14). The monoisotopic (exact) mass is 230 g/mol. The van der Waals surface area contributed by atoms with Crippen LogP contribution in [0.5, 0.6) is 0 Å². The molecule has 0 unspecified atom stereocenters. The van der Waals surface area contributed by atoms with Gasteiger partial charge in [-0.25, -0.2) is 5.84 Å². The van der Waals surface area contributed by atoms with Crippen LogP contribution >= 0.6 is 0 Å². The van der Waals surface area contributed by atoms with Crippen molar-refractivity contribution in [3.63, 3.8) is 0 Å². The molecule has 0 aliphatic carbocycles. The summed E-state index contributed by atoms with van der Waals surface area (Å²) in [7, 11) is 3.69. The van der Waals surface area contributed by atoms with Crippen LogP contribution in [0.2, 0.25) is 0 Å². The van der Waals surface area contributed by atoms with Gasteiger partial charge in [0.25, 0.3) is 0 Å². The summed E-state index contributed by atoms with van der Waals surface area (Å²) in [5, 5.41) is 0. The second kappa shape index (κ2) is 7.46. The number of nitrogens with two attached hydrogens (primary N) is 1. The van der Waals surface area contributed by atoms with Gasteiger partial charge in [0, 0.05) is 32.8 Å². The number of aliphatic imine (C=N–C) groups is 1. The number of methoxy groups -OCH3 is 1. The van der Waals surface area contributed by atoms with Crippen molar-refractivity contribution in [2.24, 2.45) is 10.8 Å². The van der Waals surface area contributed by atoms with Crippen molar-refractivity contribution < 1.29 is 4.74 Å². The minimum absolute atomic E-state index is 0.0481. The lowest BCUT2D eigenvalue weighted by Crippen LogP contribution is -2.52. The van der Waals surface area contributed by atoms with Gasteiger partial charge < -0.3 is 9.64 Å². The van der Waals surface area contributed by atoms with E-state index in [1.807, 2.05) is 7.05 Å². The van der Waals surface area contributed by atoms with Crippen LogP contribution in [0.1, 0.15) is 33.6 Å². The first-order valence-corrected chi connectivity index (χ1v) is 5.73. The Bertz CT molecular complexity index is 216. The minimum atomic E-state index is 0.0481. The summed E-state index contributed by atoms with van der Waals surface area (Å²) in [5.74, 6) is 6.21. The molecular weight excluding hydrogens is 204 g/mol. The lowest BCUT2D eigenvalue weighted by Gasteiger charge is -2.36. The van der Waals surface area contributed by atoms with E-state index < -0.39 is 0 Å². The quantitative estimate of drug-likeness (QED) is 0.235. The highest BCUT2D eigenvalue weighted by Crippen LogP contribution is 2.16. The number of guanidine groups is 1. The Morgan fingerprint density at radius 2 is 2.12 bits per heavy atom. The first kappa shape index (κ1) is 15.2. The van der Waals surface area contributed by atoms with E-state index in [1.54, 1.807) is 7.11 Å². The first-order chi connectivity index (χ1) is 7.49. The zero-order valence-corrected chi connectivity index (χ0v) is 11.2. The fraction of sp³-hybridized carbons (Fsp3) is 0.909. The summed E-state index contributed by atoms with van der Waals surface area (Å²) in [5.41, 5.74) is 2.70. The Hall–Kier alpha value is -0.810. The SMILES string of the molecule is CCC(C)(C)N(C)C(=NCCCOC)NN. The van der Waals surface area contributed by atoms with Gasteiger partial charge in [-0.15, -0.1) is 0 Å². The number of rotatable bonds is 6. The third-order valence-electron chi connectivity index (χ3n) is 2.99. The molecule has 0 aromatic rings. The molecule has 0 atom stereocenters. The predicted molar refractivity (Wildman–Crippen MR) is 68.3 cm³/mol. The molecule has 16 heavy (non-hydrogen) atoms. The van der Waals surface area contributed by atoms with Crippen LogP contribution in [-0.2, 0) is 4.74 Å². The molecule has 0 spiro atoms. The molecule has 3 N–H and O–H groups in total. The molecule has 0 saturated carbocycles. The lowest BCUT2D eigenvalue weighted by atomic mass is 10.0. The average molecular weight is 230 g/mol. The van der Waals surface area contributed by atoms with E-state index in [4.69, 9.17) is 10.6 Å². The van der Waals surface area contributed by atoms with Crippen LogP contribution in [0.3, 0.4) is 0 Å². The molecule has 0 radical (unpaired) electrons. The Labute approximate surface area is 99.0 Å². The summed E-state index contributed by atoms with van der Waals surface area (Å²) < 4.78 is 4.97. The molecule has 0 rings (SSSR count). The summed E-state index contributed by atoms with van der Waals surface area (Å²) in [4.78, 5) is 6.49. The second-order valence-corrected chi connectivity index (χ2v) is 4.42. The number of ether oxygens (including phenoxy) is 1. The molecule has 0 fully saturated rings. The van der Waals surface area contributed by atoms with Gasteiger partial charge in [-0.1, -0.05) is 6.92 Å². The van der Waals surface area contributed by atoms with Crippen molar-refractivity contribution in [3.05, 3.63) is 0 Å². The fourth-order valence-electron chi connectivity index (χ4n) is 1.17. The number of nitrogens with zero attached hydrogens (tertiary/aromatic N) is 2. The van der Waals surface area contributed by atoms with Crippen molar-refractivity contribution in [1.29, 1.82) is 0 Å². The van der Waals surface area contributed by atoms with Crippen molar-refractivity contribution in [1.82, 2.24) is 10.3 Å². The molecule has 0 saturated heterocycles. The summed E-state index contributed by atoms with van der Waals surface area (Å²) >= 11 is 0.